The lowest BCUT2D eigenvalue weighted by atomic mass is 10.1. The minimum absolute atomic E-state index is 0.0422. The van der Waals surface area contributed by atoms with E-state index in [0.29, 0.717) is 0 Å². The zero-order chi connectivity index (χ0) is 32.7. The van der Waals surface area contributed by atoms with Crippen LogP contribution in [0.1, 0.15) is 43.6 Å². The fourth-order valence-electron chi connectivity index (χ4n) is 3.40. The Morgan fingerprint density at radius 1 is 0.933 bits per heavy atom. The van der Waals surface area contributed by atoms with Crippen LogP contribution in [0.3, 0.4) is 0 Å². The lowest BCUT2D eigenvalue weighted by Crippen LogP contribution is -2.47. The Hall–Kier alpha value is -6.83. The number of aromatic nitrogens is 4. The Balaban J connectivity index is 1.59. The summed E-state index contributed by atoms with van der Waals surface area (Å²) in [6.07, 6.45) is 1.29. The zero-order valence-electron chi connectivity index (χ0n) is 22.7. The molecule has 0 fully saturated rings. The summed E-state index contributed by atoms with van der Waals surface area (Å²) in [6, 6.07) is 11.3. The molecule has 0 saturated heterocycles. The van der Waals surface area contributed by atoms with Gasteiger partial charge in [-0.1, -0.05) is 6.07 Å². The van der Waals surface area contributed by atoms with E-state index in [1.165, 1.54) is 36.7 Å². The van der Waals surface area contributed by atoms with Crippen molar-refractivity contribution < 1.29 is 47.3 Å². The van der Waals surface area contributed by atoms with Gasteiger partial charge in [-0.25, -0.2) is 19.2 Å². The number of ether oxygens (including phenoxy) is 4. The van der Waals surface area contributed by atoms with Gasteiger partial charge in [0, 0.05) is 30.9 Å². The molecule has 0 aliphatic carbocycles. The summed E-state index contributed by atoms with van der Waals surface area (Å²) in [5, 5.41) is 9.41. The van der Waals surface area contributed by atoms with Crippen molar-refractivity contribution in [2.24, 2.45) is 0 Å². The van der Waals surface area contributed by atoms with Crippen molar-refractivity contribution in [2.75, 3.05) is 6.79 Å². The van der Waals surface area contributed by atoms with E-state index < -0.39 is 65.2 Å². The second-order valence-corrected chi connectivity index (χ2v) is 8.45. The van der Waals surface area contributed by atoms with Gasteiger partial charge in [0.25, 0.3) is 11.5 Å². The van der Waals surface area contributed by atoms with Crippen molar-refractivity contribution in [3.8, 4) is 17.8 Å². The Kier molecular flexibility index (Phi) is 9.29. The van der Waals surface area contributed by atoms with Crippen molar-refractivity contribution >= 4 is 29.9 Å². The Morgan fingerprint density at radius 3 is 2.33 bits per heavy atom. The number of nitriles is 1. The first-order chi connectivity index (χ1) is 21.5. The molecular formula is C28H16FN5O11. The van der Waals surface area contributed by atoms with E-state index in [0.717, 1.165) is 31.2 Å². The topological polar surface area (TPSA) is 216 Å². The van der Waals surface area contributed by atoms with Crippen molar-refractivity contribution in [3.63, 3.8) is 0 Å². The van der Waals surface area contributed by atoms with Gasteiger partial charge >= 0.3 is 29.7 Å². The van der Waals surface area contributed by atoms with Crippen LogP contribution in [-0.2, 0) is 14.3 Å². The van der Waals surface area contributed by atoms with Gasteiger partial charge in [-0.3, -0.25) is 19.4 Å². The summed E-state index contributed by atoms with van der Waals surface area (Å²) >= 11 is 0. The number of hydrogen-bond donors (Lipinski definition) is 0. The molecule has 0 radical (unpaired) electrons. The van der Waals surface area contributed by atoms with E-state index in [1.54, 1.807) is 6.07 Å². The molecule has 1 aromatic carbocycles. The average Bonchev–Trinajstić information content (AvgIpc) is 3.03. The number of rotatable bonds is 7. The maximum Gasteiger partial charge on any atom is 0.425 e. The maximum atomic E-state index is 14.4. The monoisotopic (exact) mass is 617 g/mol. The molecule has 0 aliphatic rings. The molecular weight excluding hydrogens is 601 g/mol. The van der Waals surface area contributed by atoms with Crippen LogP contribution in [0.4, 0.5) is 9.18 Å². The van der Waals surface area contributed by atoms with Crippen molar-refractivity contribution in [1.82, 2.24) is 19.1 Å². The van der Waals surface area contributed by atoms with Crippen LogP contribution in [0.2, 0.25) is 0 Å². The van der Waals surface area contributed by atoms with Crippen molar-refractivity contribution in [3.05, 3.63) is 116 Å². The van der Waals surface area contributed by atoms with E-state index in [-0.39, 0.29) is 37.9 Å². The third kappa shape index (κ3) is 7.15. The van der Waals surface area contributed by atoms with Crippen LogP contribution in [0.25, 0.3) is 0 Å². The highest BCUT2D eigenvalue weighted by atomic mass is 19.1. The second-order valence-electron chi connectivity index (χ2n) is 8.45. The summed E-state index contributed by atoms with van der Waals surface area (Å²) in [5.74, 6) is -6.88. The molecule has 0 atom stereocenters. The first-order valence-electron chi connectivity index (χ1n) is 12.2. The summed E-state index contributed by atoms with van der Waals surface area (Å²) in [7, 11) is 0. The molecule has 4 rings (SSSR count). The fraction of sp³-hybridized carbons (Fsp3) is 0.0714. The first kappa shape index (κ1) is 31.1. The van der Waals surface area contributed by atoms with E-state index in [9.17, 15) is 43.2 Å². The van der Waals surface area contributed by atoms with Gasteiger partial charge in [0.15, 0.2) is 0 Å². The molecule has 0 aliphatic heterocycles. The van der Waals surface area contributed by atoms with Crippen LogP contribution in [0.15, 0.2) is 76.7 Å². The SMILES string of the molecule is CC(=O)OCOC(=O)n1cc(F)c(=O)n(C(=O)c2cccc(C(=O)Oc3nc(OC(=O)c4cccnc4)ccc3C#N)c2)c1=O. The fourth-order valence-corrected chi connectivity index (χ4v) is 3.40. The summed E-state index contributed by atoms with van der Waals surface area (Å²) in [6.45, 7) is 0.0536. The van der Waals surface area contributed by atoms with Gasteiger partial charge in [-0.2, -0.15) is 23.8 Å². The third-order valence-corrected chi connectivity index (χ3v) is 5.48. The molecule has 0 bridgehead atoms. The molecule has 0 saturated carbocycles. The molecule has 226 valence electrons. The second kappa shape index (κ2) is 13.4. The minimum atomic E-state index is -1.72. The lowest BCUT2D eigenvalue weighted by molar-refractivity contribution is -0.149. The number of nitrogens with zero attached hydrogens (tertiary/aromatic N) is 5. The van der Waals surface area contributed by atoms with Crippen LogP contribution < -0.4 is 20.7 Å². The van der Waals surface area contributed by atoms with Gasteiger partial charge in [-0.15, -0.1) is 0 Å². The van der Waals surface area contributed by atoms with Crippen molar-refractivity contribution in [1.29, 1.82) is 5.26 Å². The van der Waals surface area contributed by atoms with E-state index >= 15 is 0 Å². The quantitative estimate of drug-likeness (QED) is 0.212. The summed E-state index contributed by atoms with van der Waals surface area (Å²) in [4.78, 5) is 94.2. The standard InChI is InChI=1S/C28H16FN5O11/c1-15(35)42-14-43-28(41)33-13-20(29)24(37)34(27(33)40)23(36)16-4-2-5-17(10-16)25(38)45-22-18(11-30)7-8-21(32-22)44-26(39)19-6-3-9-31-12-19/h2-10,12-13H,14H2,1H3. The molecule has 16 nitrogen and oxygen atoms in total. The summed E-state index contributed by atoms with van der Waals surface area (Å²) < 4.78 is 33.3. The van der Waals surface area contributed by atoms with Gasteiger partial charge < -0.3 is 18.9 Å². The average molecular weight is 617 g/mol. The lowest BCUT2D eigenvalue weighted by Gasteiger charge is -2.10. The minimum Gasteiger partial charge on any atom is -0.428 e. The van der Waals surface area contributed by atoms with Gasteiger partial charge in [0.05, 0.1) is 17.3 Å². The van der Waals surface area contributed by atoms with Crippen LogP contribution in [0, 0.1) is 17.1 Å². The summed E-state index contributed by atoms with van der Waals surface area (Å²) in [5.41, 5.74) is -4.34. The highest BCUT2D eigenvalue weighted by Gasteiger charge is 2.24. The molecule has 0 spiro atoms. The maximum absolute atomic E-state index is 14.4. The molecule has 3 heterocycles. The van der Waals surface area contributed by atoms with E-state index in [4.69, 9.17) is 9.47 Å². The number of carbonyl (C=O) groups is 5. The number of carbonyl (C=O) groups excluding carboxylic acids is 5. The molecule has 3 aromatic heterocycles. The van der Waals surface area contributed by atoms with E-state index in [1.807, 2.05) is 0 Å². The largest absolute Gasteiger partial charge is 0.428 e. The zero-order valence-corrected chi connectivity index (χ0v) is 22.7. The Bertz CT molecular complexity index is 2020. The smallest absolute Gasteiger partial charge is 0.425 e. The Morgan fingerprint density at radius 2 is 1.64 bits per heavy atom. The molecule has 0 amide bonds. The normalized spacial score (nSPS) is 10.2. The highest BCUT2D eigenvalue weighted by Crippen LogP contribution is 2.22. The van der Waals surface area contributed by atoms with Crippen molar-refractivity contribution in [2.45, 2.75) is 6.92 Å². The van der Waals surface area contributed by atoms with Crippen LogP contribution >= 0.6 is 0 Å². The molecule has 0 N–H and O–H groups in total. The number of esters is 3. The number of hydrogen-bond acceptors (Lipinski definition) is 14. The number of pyridine rings is 2. The third-order valence-electron chi connectivity index (χ3n) is 5.48. The number of benzene rings is 1. The first-order valence-corrected chi connectivity index (χ1v) is 12.2. The predicted octanol–water partition coefficient (Wildman–Crippen LogP) is 1.44. The highest BCUT2D eigenvalue weighted by molar-refractivity contribution is 5.99. The van der Waals surface area contributed by atoms with Gasteiger partial charge in [0.1, 0.15) is 11.6 Å². The van der Waals surface area contributed by atoms with Gasteiger partial charge in [-0.05, 0) is 36.4 Å². The van der Waals surface area contributed by atoms with E-state index in [2.05, 4.69) is 19.4 Å². The molecule has 0 unspecified atom stereocenters. The molecule has 4 aromatic rings. The van der Waals surface area contributed by atoms with Crippen LogP contribution in [-0.4, -0.2) is 55.8 Å². The molecule has 45 heavy (non-hydrogen) atoms. The Labute approximate surface area is 249 Å². The van der Waals surface area contributed by atoms with Crippen LogP contribution in [0.5, 0.6) is 11.8 Å². The number of halogens is 1. The predicted molar refractivity (Wildman–Crippen MR) is 143 cm³/mol. The van der Waals surface area contributed by atoms with Gasteiger partial charge in [0.2, 0.25) is 24.4 Å². The molecule has 17 heteroatoms.